The van der Waals surface area contributed by atoms with Gasteiger partial charge in [0.1, 0.15) is 0 Å². The van der Waals surface area contributed by atoms with E-state index >= 15 is 0 Å². The molecular formula is C18H21N. The fourth-order valence-electron chi connectivity index (χ4n) is 1.97. The summed E-state index contributed by atoms with van der Waals surface area (Å²) < 4.78 is 0. The normalized spacial score (nSPS) is 12.5. The molecule has 2 aromatic carbocycles. The van der Waals surface area contributed by atoms with Crippen molar-refractivity contribution in [1.29, 1.82) is 0 Å². The Kier molecular flexibility index (Phi) is 3.84. The Morgan fingerprint density at radius 3 is 1.95 bits per heavy atom. The van der Waals surface area contributed by atoms with Crippen molar-refractivity contribution < 1.29 is 0 Å². The lowest BCUT2D eigenvalue weighted by Gasteiger charge is -2.18. The van der Waals surface area contributed by atoms with E-state index < -0.39 is 0 Å². The Morgan fingerprint density at radius 1 is 0.842 bits per heavy atom. The topological polar surface area (TPSA) is 12.4 Å². The van der Waals surface area contributed by atoms with Crippen molar-refractivity contribution in [2.24, 2.45) is 4.99 Å². The molecule has 0 fully saturated rings. The molecule has 98 valence electrons. The molecule has 2 rings (SSSR count). The van der Waals surface area contributed by atoms with E-state index in [0.717, 1.165) is 11.4 Å². The minimum atomic E-state index is 0.191. The van der Waals surface area contributed by atoms with Crippen LogP contribution in [0.3, 0.4) is 0 Å². The SMILES string of the molecule is CC(=Nc1ccc(C(C)(C)C)cc1)c1ccccc1. The second-order valence-corrected chi connectivity index (χ2v) is 5.86. The number of rotatable bonds is 2. The van der Waals surface area contributed by atoms with Crippen molar-refractivity contribution in [3.63, 3.8) is 0 Å². The van der Waals surface area contributed by atoms with Gasteiger partial charge < -0.3 is 0 Å². The summed E-state index contributed by atoms with van der Waals surface area (Å²) >= 11 is 0. The van der Waals surface area contributed by atoms with Gasteiger partial charge in [0.05, 0.1) is 5.69 Å². The smallest absolute Gasteiger partial charge is 0.0633 e. The van der Waals surface area contributed by atoms with Crippen LogP contribution < -0.4 is 0 Å². The van der Waals surface area contributed by atoms with Crippen LogP contribution in [0.1, 0.15) is 38.8 Å². The van der Waals surface area contributed by atoms with Gasteiger partial charge in [-0.15, -0.1) is 0 Å². The standard InChI is InChI=1S/C18H21N/c1-14(15-8-6-5-7-9-15)19-17-12-10-16(11-13-17)18(2,3)4/h5-13H,1-4H3. The van der Waals surface area contributed by atoms with Crippen LogP contribution in [-0.2, 0) is 5.41 Å². The lowest BCUT2D eigenvalue weighted by Crippen LogP contribution is -2.10. The summed E-state index contributed by atoms with van der Waals surface area (Å²) in [6, 6.07) is 18.8. The molecule has 0 unspecified atom stereocenters. The van der Waals surface area contributed by atoms with Crippen LogP contribution >= 0.6 is 0 Å². The van der Waals surface area contributed by atoms with Crippen molar-refractivity contribution >= 4 is 11.4 Å². The molecule has 0 saturated carbocycles. The summed E-state index contributed by atoms with van der Waals surface area (Å²) in [7, 11) is 0. The van der Waals surface area contributed by atoms with Gasteiger partial charge in [0.2, 0.25) is 0 Å². The molecule has 0 saturated heterocycles. The molecule has 0 radical (unpaired) electrons. The zero-order chi connectivity index (χ0) is 13.9. The van der Waals surface area contributed by atoms with Crippen LogP contribution in [0, 0.1) is 0 Å². The summed E-state index contributed by atoms with van der Waals surface area (Å²) in [5.74, 6) is 0. The minimum absolute atomic E-state index is 0.191. The largest absolute Gasteiger partial charge is 0.253 e. The fourth-order valence-corrected chi connectivity index (χ4v) is 1.97. The van der Waals surface area contributed by atoms with Crippen molar-refractivity contribution in [2.75, 3.05) is 0 Å². The number of hydrogen-bond donors (Lipinski definition) is 0. The first kappa shape index (κ1) is 13.5. The third-order valence-electron chi connectivity index (χ3n) is 3.22. The molecule has 19 heavy (non-hydrogen) atoms. The molecule has 2 aromatic rings. The van der Waals surface area contributed by atoms with E-state index in [2.05, 4.69) is 62.2 Å². The van der Waals surface area contributed by atoms with E-state index in [1.54, 1.807) is 0 Å². The predicted molar refractivity (Wildman–Crippen MR) is 83.5 cm³/mol. The maximum Gasteiger partial charge on any atom is 0.0633 e. The highest BCUT2D eigenvalue weighted by Gasteiger charge is 2.12. The Balaban J connectivity index is 2.24. The number of nitrogens with zero attached hydrogens (tertiary/aromatic N) is 1. The highest BCUT2D eigenvalue weighted by atomic mass is 14.7. The van der Waals surface area contributed by atoms with Gasteiger partial charge in [-0.05, 0) is 35.6 Å². The van der Waals surface area contributed by atoms with Crippen LogP contribution in [0.2, 0.25) is 0 Å². The lowest BCUT2D eigenvalue weighted by atomic mass is 9.87. The molecule has 0 aliphatic carbocycles. The Morgan fingerprint density at radius 2 is 1.42 bits per heavy atom. The predicted octanol–water partition coefficient (Wildman–Crippen LogP) is 5.12. The van der Waals surface area contributed by atoms with E-state index in [4.69, 9.17) is 0 Å². The van der Waals surface area contributed by atoms with Crippen LogP contribution in [0.5, 0.6) is 0 Å². The van der Waals surface area contributed by atoms with E-state index in [1.165, 1.54) is 11.1 Å². The molecule has 0 spiro atoms. The molecule has 0 aliphatic heterocycles. The first-order chi connectivity index (χ1) is 8.97. The number of aliphatic imine (C=N–C) groups is 1. The summed E-state index contributed by atoms with van der Waals surface area (Å²) in [6.07, 6.45) is 0. The molecule has 1 nitrogen and oxygen atoms in total. The first-order valence-electron chi connectivity index (χ1n) is 6.68. The molecule has 0 heterocycles. The second-order valence-electron chi connectivity index (χ2n) is 5.86. The average Bonchev–Trinajstić information content (AvgIpc) is 2.39. The second kappa shape index (κ2) is 5.40. The molecule has 0 aliphatic rings. The van der Waals surface area contributed by atoms with Crippen LogP contribution in [-0.4, -0.2) is 5.71 Å². The van der Waals surface area contributed by atoms with Gasteiger partial charge in [-0.25, -0.2) is 0 Å². The molecule has 0 bridgehead atoms. The van der Waals surface area contributed by atoms with Crippen LogP contribution in [0.15, 0.2) is 59.6 Å². The molecule has 0 atom stereocenters. The number of hydrogen-bond acceptors (Lipinski definition) is 1. The third kappa shape index (κ3) is 3.54. The van der Waals surface area contributed by atoms with Gasteiger partial charge in [0, 0.05) is 5.71 Å². The van der Waals surface area contributed by atoms with Crippen LogP contribution in [0.25, 0.3) is 0 Å². The Labute approximate surface area is 116 Å². The van der Waals surface area contributed by atoms with E-state index in [-0.39, 0.29) is 5.41 Å². The van der Waals surface area contributed by atoms with E-state index in [1.807, 2.05) is 25.1 Å². The third-order valence-corrected chi connectivity index (χ3v) is 3.22. The molecule has 0 amide bonds. The molecular weight excluding hydrogens is 230 g/mol. The van der Waals surface area contributed by atoms with Gasteiger partial charge in [0.25, 0.3) is 0 Å². The zero-order valence-electron chi connectivity index (χ0n) is 12.1. The Hall–Kier alpha value is -1.89. The van der Waals surface area contributed by atoms with E-state index in [9.17, 15) is 0 Å². The van der Waals surface area contributed by atoms with Gasteiger partial charge in [-0.1, -0.05) is 63.2 Å². The lowest BCUT2D eigenvalue weighted by molar-refractivity contribution is 0.590. The Bertz CT molecular complexity index is 557. The highest BCUT2D eigenvalue weighted by molar-refractivity contribution is 6.00. The van der Waals surface area contributed by atoms with Crippen molar-refractivity contribution in [2.45, 2.75) is 33.1 Å². The van der Waals surface area contributed by atoms with Crippen molar-refractivity contribution in [1.82, 2.24) is 0 Å². The maximum atomic E-state index is 4.67. The zero-order valence-corrected chi connectivity index (χ0v) is 12.1. The summed E-state index contributed by atoms with van der Waals surface area (Å²) in [5, 5.41) is 0. The summed E-state index contributed by atoms with van der Waals surface area (Å²) in [6.45, 7) is 8.72. The summed E-state index contributed by atoms with van der Waals surface area (Å²) in [4.78, 5) is 4.67. The van der Waals surface area contributed by atoms with Crippen LogP contribution in [0.4, 0.5) is 5.69 Å². The van der Waals surface area contributed by atoms with E-state index in [0.29, 0.717) is 0 Å². The van der Waals surface area contributed by atoms with Gasteiger partial charge in [-0.3, -0.25) is 4.99 Å². The van der Waals surface area contributed by atoms with Gasteiger partial charge in [-0.2, -0.15) is 0 Å². The van der Waals surface area contributed by atoms with Gasteiger partial charge >= 0.3 is 0 Å². The fraction of sp³-hybridized carbons (Fsp3) is 0.278. The average molecular weight is 251 g/mol. The van der Waals surface area contributed by atoms with Crippen molar-refractivity contribution in [3.05, 3.63) is 65.7 Å². The molecule has 0 N–H and O–H groups in total. The number of benzene rings is 2. The van der Waals surface area contributed by atoms with Gasteiger partial charge in [0.15, 0.2) is 0 Å². The molecule has 1 heteroatoms. The van der Waals surface area contributed by atoms with Crippen molar-refractivity contribution in [3.8, 4) is 0 Å². The minimum Gasteiger partial charge on any atom is -0.253 e. The monoisotopic (exact) mass is 251 g/mol. The summed E-state index contributed by atoms with van der Waals surface area (Å²) in [5.41, 5.74) is 4.75. The quantitative estimate of drug-likeness (QED) is 0.656. The molecule has 0 aromatic heterocycles. The highest BCUT2D eigenvalue weighted by Crippen LogP contribution is 2.24. The maximum absolute atomic E-state index is 4.67. The first-order valence-corrected chi connectivity index (χ1v) is 6.68.